The number of benzene rings is 1. The standard InChI is InChI=1S/C15H24FNO/c1-4-13(11-17-7-8-18-3)10-14-5-6-15(16)9-12(14)2/h5-6,9,13,17H,4,7-8,10-11H2,1-3H3. The molecule has 1 aromatic carbocycles. The third-order valence-corrected chi connectivity index (χ3v) is 3.31. The first-order valence-electron chi connectivity index (χ1n) is 6.62. The average molecular weight is 253 g/mol. The summed E-state index contributed by atoms with van der Waals surface area (Å²) in [6, 6.07) is 5.07. The Morgan fingerprint density at radius 1 is 1.39 bits per heavy atom. The highest BCUT2D eigenvalue weighted by molar-refractivity contribution is 5.26. The molecule has 1 N–H and O–H groups in total. The minimum atomic E-state index is -0.150. The first kappa shape index (κ1) is 15.1. The number of aryl methyl sites for hydroxylation is 1. The Morgan fingerprint density at radius 3 is 2.78 bits per heavy atom. The maximum atomic E-state index is 13.0. The second-order valence-electron chi connectivity index (χ2n) is 4.75. The number of ether oxygens (including phenoxy) is 1. The van der Waals surface area contributed by atoms with Crippen molar-refractivity contribution < 1.29 is 9.13 Å². The van der Waals surface area contributed by atoms with Crippen LogP contribution in [0, 0.1) is 18.7 Å². The third-order valence-electron chi connectivity index (χ3n) is 3.31. The predicted octanol–water partition coefficient (Wildman–Crippen LogP) is 2.94. The smallest absolute Gasteiger partial charge is 0.123 e. The van der Waals surface area contributed by atoms with Crippen LogP contribution >= 0.6 is 0 Å². The van der Waals surface area contributed by atoms with Crippen LogP contribution in [0.15, 0.2) is 18.2 Å². The fourth-order valence-electron chi connectivity index (χ4n) is 2.04. The van der Waals surface area contributed by atoms with Gasteiger partial charge in [-0.2, -0.15) is 0 Å². The lowest BCUT2D eigenvalue weighted by Crippen LogP contribution is -2.27. The van der Waals surface area contributed by atoms with Gasteiger partial charge in [0.15, 0.2) is 0 Å². The van der Waals surface area contributed by atoms with E-state index in [2.05, 4.69) is 12.2 Å². The topological polar surface area (TPSA) is 21.3 Å². The second kappa shape index (κ2) is 8.22. The highest BCUT2D eigenvalue weighted by atomic mass is 19.1. The van der Waals surface area contributed by atoms with Gasteiger partial charge in [0.1, 0.15) is 5.82 Å². The summed E-state index contributed by atoms with van der Waals surface area (Å²) in [5.74, 6) is 0.438. The Morgan fingerprint density at radius 2 is 2.17 bits per heavy atom. The molecule has 0 aromatic heterocycles. The summed E-state index contributed by atoms with van der Waals surface area (Å²) in [7, 11) is 1.71. The first-order chi connectivity index (χ1) is 8.67. The fourth-order valence-corrected chi connectivity index (χ4v) is 2.04. The normalized spacial score (nSPS) is 12.7. The highest BCUT2D eigenvalue weighted by Gasteiger charge is 2.09. The van der Waals surface area contributed by atoms with Crippen molar-refractivity contribution in [1.82, 2.24) is 5.32 Å². The molecule has 18 heavy (non-hydrogen) atoms. The van der Waals surface area contributed by atoms with Gasteiger partial charge in [0.05, 0.1) is 6.61 Å². The Hall–Kier alpha value is -0.930. The number of hydrogen-bond acceptors (Lipinski definition) is 2. The van der Waals surface area contributed by atoms with Crippen molar-refractivity contribution in [1.29, 1.82) is 0 Å². The lowest BCUT2D eigenvalue weighted by atomic mass is 9.94. The minimum Gasteiger partial charge on any atom is -0.383 e. The molecule has 0 aliphatic heterocycles. The van der Waals surface area contributed by atoms with Gasteiger partial charge in [-0.05, 0) is 49.1 Å². The summed E-state index contributed by atoms with van der Waals surface area (Å²) in [6.07, 6.45) is 2.12. The van der Waals surface area contributed by atoms with E-state index in [0.29, 0.717) is 5.92 Å². The lowest BCUT2D eigenvalue weighted by molar-refractivity contribution is 0.197. The zero-order valence-electron chi connectivity index (χ0n) is 11.6. The van der Waals surface area contributed by atoms with Crippen LogP contribution < -0.4 is 5.32 Å². The monoisotopic (exact) mass is 253 g/mol. The summed E-state index contributed by atoms with van der Waals surface area (Å²) >= 11 is 0. The van der Waals surface area contributed by atoms with Crippen LogP contribution in [0.25, 0.3) is 0 Å². The lowest BCUT2D eigenvalue weighted by Gasteiger charge is -2.17. The van der Waals surface area contributed by atoms with E-state index >= 15 is 0 Å². The van der Waals surface area contributed by atoms with Crippen LogP contribution in [0.2, 0.25) is 0 Å². The minimum absolute atomic E-state index is 0.150. The van der Waals surface area contributed by atoms with Gasteiger partial charge in [-0.3, -0.25) is 0 Å². The molecule has 0 saturated heterocycles. The molecule has 0 amide bonds. The molecule has 0 heterocycles. The summed E-state index contributed by atoms with van der Waals surface area (Å²) in [6.45, 7) is 6.78. The molecule has 0 aliphatic rings. The van der Waals surface area contributed by atoms with Crippen LogP contribution in [0.3, 0.4) is 0 Å². The van der Waals surface area contributed by atoms with Gasteiger partial charge in [-0.1, -0.05) is 19.4 Å². The summed E-state index contributed by atoms with van der Waals surface area (Å²) in [5, 5.41) is 3.39. The van der Waals surface area contributed by atoms with E-state index in [1.54, 1.807) is 19.2 Å². The van der Waals surface area contributed by atoms with Crippen molar-refractivity contribution in [2.24, 2.45) is 5.92 Å². The van der Waals surface area contributed by atoms with Gasteiger partial charge in [0, 0.05) is 13.7 Å². The Labute approximate surface area is 110 Å². The second-order valence-corrected chi connectivity index (χ2v) is 4.75. The van der Waals surface area contributed by atoms with Crippen LogP contribution in [0.4, 0.5) is 4.39 Å². The van der Waals surface area contributed by atoms with Crippen LogP contribution in [-0.2, 0) is 11.2 Å². The number of methoxy groups -OCH3 is 1. The van der Waals surface area contributed by atoms with E-state index in [1.165, 1.54) is 5.56 Å². The van der Waals surface area contributed by atoms with Crippen LogP contribution in [0.1, 0.15) is 24.5 Å². The molecule has 2 nitrogen and oxygen atoms in total. The molecule has 102 valence electrons. The third kappa shape index (κ3) is 5.15. The van der Waals surface area contributed by atoms with Crippen molar-refractivity contribution in [3.05, 3.63) is 35.1 Å². The van der Waals surface area contributed by atoms with Gasteiger partial charge in [0.2, 0.25) is 0 Å². The maximum Gasteiger partial charge on any atom is 0.123 e. The summed E-state index contributed by atoms with van der Waals surface area (Å²) in [5.41, 5.74) is 2.29. The molecular formula is C15H24FNO. The number of rotatable bonds is 8. The molecule has 0 radical (unpaired) electrons. The van der Waals surface area contributed by atoms with Gasteiger partial charge in [-0.15, -0.1) is 0 Å². The Balaban J connectivity index is 2.46. The molecule has 0 fully saturated rings. The van der Waals surface area contributed by atoms with E-state index in [1.807, 2.05) is 13.0 Å². The molecule has 0 spiro atoms. The SMILES string of the molecule is CCC(CNCCOC)Cc1ccc(F)cc1C. The molecule has 0 aliphatic carbocycles. The van der Waals surface area contributed by atoms with Gasteiger partial charge in [0.25, 0.3) is 0 Å². The predicted molar refractivity (Wildman–Crippen MR) is 73.4 cm³/mol. The molecule has 3 heteroatoms. The van der Waals surface area contributed by atoms with E-state index in [4.69, 9.17) is 4.74 Å². The highest BCUT2D eigenvalue weighted by Crippen LogP contribution is 2.16. The van der Waals surface area contributed by atoms with E-state index in [0.717, 1.165) is 38.1 Å². The molecule has 1 unspecified atom stereocenters. The van der Waals surface area contributed by atoms with Gasteiger partial charge >= 0.3 is 0 Å². The van der Waals surface area contributed by atoms with Crippen LogP contribution in [-0.4, -0.2) is 26.8 Å². The maximum absolute atomic E-state index is 13.0. The molecule has 0 bridgehead atoms. The summed E-state index contributed by atoms with van der Waals surface area (Å²) in [4.78, 5) is 0. The molecular weight excluding hydrogens is 229 g/mol. The van der Waals surface area contributed by atoms with Crippen molar-refractivity contribution in [2.45, 2.75) is 26.7 Å². The Kier molecular flexibility index (Phi) is 6.91. The number of hydrogen-bond donors (Lipinski definition) is 1. The molecule has 1 aromatic rings. The van der Waals surface area contributed by atoms with E-state index in [-0.39, 0.29) is 5.82 Å². The van der Waals surface area contributed by atoms with E-state index in [9.17, 15) is 4.39 Å². The molecule has 0 saturated carbocycles. The zero-order valence-corrected chi connectivity index (χ0v) is 11.6. The van der Waals surface area contributed by atoms with Crippen molar-refractivity contribution in [3.8, 4) is 0 Å². The van der Waals surface area contributed by atoms with Crippen LogP contribution in [0.5, 0.6) is 0 Å². The van der Waals surface area contributed by atoms with Gasteiger partial charge in [-0.25, -0.2) is 4.39 Å². The Bertz CT molecular complexity index is 354. The van der Waals surface area contributed by atoms with Crippen molar-refractivity contribution in [2.75, 3.05) is 26.8 Å². The number of halogens is 1. The fraction of sp³-hybridized carbons (Fsp3) is 0.600. The summed E-state index contributed by atoms with van der Waals surface area (Å²) < 4.78 is 18.0. The quantitative estimate of drug-likeness (QED) is 0.719. The van der Waals surface area contributed by atoms with Gasteiger partial charge < -0.3 is 10.1 Å². The van der Waals surface area contributed by atoms with Crippen molar-refractivity contribution in [3.63, 3.8) is 0 Å². The molecule has 1 rings (SSSR count). The van der Waals surface area contributed by atoms with Crippen molar-refractivity contribution >= 4 is 0 Å². The first-order valence-corrected chi connectivity index (χ1v) is 6.62. The van der Waals surface area contributed by atoms with E-state index < -0.39 is 0 Å². The number of nitrogens with one attached hydrogen (secondary N) is 1. The largest absolute Gasteiger partial charge is 0.383 e. The zero-order chi connectivity index (χ0) is 13.4. The average Bonchev–Trinajstić information content (AvgIpc) is 2.35. The molecule has 1 atom stereocenters.